The van der Waals surface area contributed by atoms with Crippen molar-refractivity contribution in [1.29, 1.82) is 0 Å². The van der Waals surface area contributed by atoms with E-state index in [1.165, 1.54) is 75.7 Å². The first-order chi connectivity index (χ1) is 22.1. The molecule has 8 aromatic rings. The lowest BCUT2D eigenvalue weighted by molar-refractivity contribution is 0.660. The molecule has 0 aliphatic heterocycles. The van der Waals surface area contributed by atoms with Crippen molar-refractivity contribution in [2.75, 3.05) is 4.90 Å². The number of hydrogen-bond donors (Lipinski definition) is 0. The molecule has 0 fully saturated rings. The van der Waals surface area contributed by atoms with E-state index >= 15 is 0 Å². The predicted molar refractivity (Wildman–Crippen MR) is 195 cm³/mol. The van der Waals surface area contributed by atoms with Crippen LogP contribution in [0.15, 0.2) is 152 Å². The van der Waals surface area contributed by atoms with Gasteiger partial charge in [-0.15, -0.1) is 11.3 Å². The third kappa shape index (κ3) is 3.99. The lowest BCUT2D eigenvalue weighted by Crippen LogP contribution is -2.16. The van der Waals surface area contributed by atoms with E-state index in [-0.39, 0.29) is 5.41 Å². The van der Waals surface area contributed by atoms with Crippen LogP contribution in [0.4, 0.5) is 17.1 Å². The number of anilines is 3. The van der Waals surface area contributed by atoms with Gasteiger partial charge in [0.25, 0.3) is 0 Å². The minimum Gasteiger partial charge on any atom is -0.310 e. The number of rotatable bonds is 4. The summed E-state index contributed by atoms with van der Waals surface area (Å²) in [5.74, 6) is 0. The third-order valence-corrected chi connectivity index (χ3v) is 10.8. The molecule has 1 nitrogen and oxygen atoms in total. The summed E-state index contributed by atoms with van der Waals surface area (Å²) >= 11 is 1.88. The van der Waals surface area contributed by atoms with Crippen LogP contribution in [-0.2, 0) is 5.41 Å². The highest BCUT2D eigenvalue weighted by Gasteiger charge is 2.35. The standard InChI is InChI=1S/C43H31NS/c1-43(2)37-16-8-6-13-32(37)33-24-23-31(27-38(33)43)44(30-21-19-29(20-22-30)28-11-4-3-5-12-28)39-17-10-15-35-34(39)25-26-41-42(35)36-14-7-9-18-40(36)45-41/h3-27H,1-2H3. The molecule has 1 heterocycles. The zero-order valence-electron chi connectivity index (χ0n) is 25.3. The molecule has 214 valence electrons. The van der Waals surface area contributed by atoms with Gasteiger partial charge in [0.15, 0.2) is 0 Å². The lowest BCUT2D eigenvalue weighted by Gasteiger charge is -2.29. The Morgan fingerprint density at radius 1 is 0.467 bits per heavy atom. The molecule has 0 unspecified atom stereocenters. The van der Waals surface area contributed by atoms with Crippen LogP contribution in [0.1, 0.15) is 25.0 Å². The van der Waals surface area contributed by atoms with E-state index in [0.29, 0.717) is 0 Å². The highest BCUT2D eigenvalue weighted by atomic mass is 32.1. The first-order valence-corrected chi connectivity index (χ1v) is 16.4. The van der Waals surface area contributed by atoms with Gasteiger partial charge in [0.1, 0.15) is 0 Å². The van der Waals surface area contributed by atoms with Gasteiger partial charge in [-0.25, -0.2) is 0 Å². The first-order valence-electron chi connectivity index (χ1n) is 15.6. The van der Waals surface area contributed by atoms with E-state index in [9.17, 15) is 0 Å². The zero-order valence-corrected chi connectivity index (χ0v) is 26.1. The predicted octanol–water partition coefficient (Wildman–Crippen LogP) is 12.7. The van der Waals surface area contributed by atoms with Crippen molar-refractivity contribution in [2.45, 2.75) is 19.3 Å². The second-order valence-corrected chi connectivity index (χ2v) is 13.6. The van der Waals surface area contributed by atoms with Gasteiger partial charge in [0, 0.05) is 42.3 Å². The maximum Gasteiger partial charge on any atom is 0.0540 e. The maximum absolute atomic E-state index is 2.46. The molecular formula is C43H31NS. The van der Waals surface area contributed by atoms with Crippen molar-refractivity contribution in [3.8, 4) is 22.3 Å². The van der Waals surface area contributed by atoms with Gasteiger partial charge < -0.3 is 4.90 Å². The van der Waals surface area contributed by atoms with E-state index in [2.05, 4.69) is 170 Å². The van der Waals surface area contributed by atoms with E-state index in [1.807, 2.05) is 11.3 Å². The van der Waals surface area contributed by atoms with Crippen molar-refractivity contribution in [1.82, 2.24) is 0 Å². The largest absolute Gasteiger partial charge is 0.310 e. The summed E-state index contributed by atoms with van der Waals surface area (Å²) in [6, 6.07) is 55.8. The monoisotopic (exact) mass is 593 g/mol. The van der Waals surface area contributed by atoms with Gasteiger partial charge in [-0.2, -0.15) is 0 Å². The molecule has 0 bridgehead atoms. The molecule has 0 N–H and O–H groups in total. The van der Waals surface area contributed by atoms with E-state index < -0.39 is 0 Å². The van der Waals surface area contributed by atoms with Crippen molar-refractivity contribution >= 4 is 59.3 Å². The zero-order chi connectivity index (χ0) is 30.1. The van der Waals surface area contributed by atoms with Crippen LogP contribution in [-0.4, -0.2) is 0 Å². The fourth-order valence-corrected chi connectivity index (χ4v) is 8.57. The molecule has 45 heavy (non-hydrogen) atoms. The van der Waals surface area contributed by atoms with Gasteiger partial charge in [0.2, 0.25) is 0 Å². The molecule has 1 aliphatic rings. The van der Waals surface area contributed by atoms with Crippen molar-refractivity contribution in [3.05, 3.63) is 163 Å². The Kier molecular flexibility index (Phi) is 5.78. The van der Waals surface area contributed by atoms with E-state index in [1.54, 1.807) is 0 Å². The van der Waals surface area contributed by atoms with Crippen LogP contribution in [0.2, 0.25) is 0 Å². The molecule has 0 radical (unpaired) electrons. The maximum atomic E-state index is 2.46. The summed E-state index contributed by atoms with van der Waals surface area (Å²) in [4.78, 5) is 2.46. The summed E-state index contributed by atoms with van der Waals surface area (Å²) in [5.41, 5.74) is 11.3. The second kappa shape index (κ2) is 9.92. The number of fused-ring (bicyclic) bond motifs is 8. The molecule has 0 spiro atoms. The van der Waals surface area contributed by atoms with Crippen LogP contribution in [0, 0.1) is 0 Å². The normalized spacial score (nSPS) is 13.3. The fourth-order valence-electron chi connectivity index (χ4n) is 7.45. The summed E-state index contributed by atoms with van der Waals surface area (Å²) < 4.78 is 2.66. The number of benzene rings is 7. The highest BCUT2D eigenvalue weighted by Crippen LogP contribution is 2.51. The quantitative estimate of drug-likeness (QED) is 0.196. The topological polar surface area (TPSA) is 3.24 Å². The van der Waals surface area contributed by atoms with Gasteiger partial charge in [0.05, 0.1) is 5.69 Å². The molecule has 2 heteroatoms. The molecule has 7 aromatic carbocycles. The molecule has 9 rings (SSSR count). The number of nitrogens with zero attached hydrogens (tertiary/aromatic N) is 1. The van der Waals surface area contributed by atoms with Crippen molar-refractivity contribution < 1.29 is 0 Å². The highest BCUT2D eigenvalue weighted by molar-refractivity contribution is 7.26. The Morgan fingerprint density at radius 2 is 1.16 bits per heavy atom. The Morgan fingerprint density at radius 3 is 2.02 bits per heavy atom. The fraction of sp³-hybridized carbons (Fsp3) is 0.0698. The summed E-state index contributed by atoms with van der Waals surface area (Å²) in [6.45, 7) is 4.72. The SMILES string of the molecule is CC1(C)c2ccccc2-c2ccc(N(c3ccc(-c4ccccc4)cc3)c3cccc4c3ccc3sc5ccccc5c34)cc21. The Balaban J connectivity index is 1.28. The van der Waals surface area contributed by atoms with E-state index in [4.69, 9.17) is 0 Å². The van der Waals surface area contributed by atoms with Gasteiger partial charge in [-0.3, -0.25) is 0 Å². The van der Waals surface area contributed by atoms with Crippen molar-refractivity contribution in [2.24, 2.45) is 0 Å². The van der Waals surface area contributed by atoms with Crippen LogP contribution >= 0.6 is 11.3 Å². The molecule has 1 aromatic heterocycles. The van der Waals surface area contributed by atoms with Crippen LogP contribution < -0.4 is 4.90 Å². The average Bonchev–Trinajstić information content (AvgIpc) is 3.58. The molecule has 0 saturated carbocycles. The van der Waals surface area contributed by atoms with Gasteiger partial charge >= 0.3 is 0 Å². The number of thiophene rings is 1. The van der Waals surface area contributed by atoms with Gasteiger partial charge in [-0.05, 0) is 81.2 Å². The Bertz CT molecular complexity index is 2400. The summed E-state index contributed by atoms with van der Waals surface area (Å²) in [7, 11) is 0. The van der Waals surface area contributed by atoms with Crippen LogP contribution in [0.3, 0.4) is 0 Å². The summed E-state index contributed by atoms with van der Waals surface area (Å²) in [6.07, 6.45) is 0. The minimum atomic E-state index is -0.0781. The number of hydrogen-bond acceptors (Lipinski definition) is 2. The third-order valence-electron chi connectivity index (χ3n) is 9.68. The molecule has 0 amide bonds. The lowest BCUT2D eigenvalue weighted by atomic mass is 9.82. The first kappa shape index (κ1) is 26.2. The van der Waals surface area contributed by atoms with Crippen molar-refractivity contribution in [3.63, 3.8) is 0 Å². The van der Waals surface area contributed by atoms with Gasteiger partial charge in [-0.1, -0.05) is 123 Å². The van der Waals surface area contributed by atoms with E-state index in [0.717, 1.165) is 5.69 Å². The van der Waals surface area contributed by atoms with Crippen LogP contribution in [0.5, 0.6) is 0 Å². The second-order valence-electron chi connectivity index (χ2n) is 12.6. The minimum absolute atomic E-state index is 0.0781. The summed E-state index contributed by atoms with van der Waals surface area (Å²) in [5, 5.41) is 5.22. The Labute approximate surface area is 267 Å². The average molecular weight is 594 g/mol. The molecule has 0 saturated heterocycles. The molecule has 0 atom stereocenters. The molecule has 1 aliphatic carbocycles. The smallest absolute Gasteiger partial charge is 0.0540 e. The molecular weight excluding hydrogens is 563 g/mol. The van der Waals surface area contributed by atoms with Crippen LogP contribution in [0.25, 0.3) is 53.2 Å². The Hall–Kier alpha value is -5.18.